The fourth-order valence-electron chi connectivity index (χ4n) is 3.93. The Morgan fingerprint density at radius 1 is 0.745 bits per heavy atom. The van der Waals surface area contributed by atoms with Gasteiger partial charge in [-0.15, -0.1) is 0 Å². The van der Waals surface area contributed by atoms with E-state index in [1.54, 1.807) is 36.9 Å². The molecule has 0 saturated carbocycles. The van der Waals surface area contributed by atoms with E-state index in [2.05, 4.69) is 62.1 Å². The third-order valence-corrected chi connectivity index (χ3v) is 6.70. The zero-order valence-corrected chi connectivity index (χ0v) is 28.1. The molecular weight excluding hydrogens is 712 g/mol. The van der Waals surface area contributed by atoms with E-state index in [9.17, 15) is 9.59 Å². The summed E-state index contributed by atoms with van der Waals surface area (Å²) in [6.45, 7) is 2.81. The average molecular weight is 740 g/mol. The Hall–Kier alpha value is -4.53. The van der Waals surface area contributed by atoms with Crippen molar-refractivity contribution < 1.29 is 14.0 Å². The maximum absolute atomic E-state index is 11.6. The monoisotopic (exact) mass is 737 g/mol. The Kier molecular flexibility index (Phi) is 11.8. The highest BCUT2D eigenvalue weighted by molar-refractivity contribution is 6.62. The second-order valence-electron chi connectivity index (χ2n) is 9.24. The second-order valence-corrected chi connectivity index (χ2v) is 11.3. The third-order valence-electron chi connectivity index (χ3n) is 5.79. The van der Waals surface area contributed by atoms with Gasteiger partial charge in [0.15, 0.2) is 11.6 Å². The van der Waals surface area contributed by atoms with Gasteiger partial charge in [-0.25, -0.2) is 9.97 Å². The summed E-state index contributed by atoms with van der Waals surface area (Å²) in [5.74, 6) is 0.749. The van der Waals surface area contributed by atoms with E-state index in [-0.39, 0.29) is 29.4 Å². The number of nitrogens with one attached hydrogen (secondary N) is 2. The molecule has 18 heteroatoms. The van der Waals surface area contributed by atoms with Crippen molar-refractivity contribution in [1.82, 2.24) is 39.9 Å². The number of ketones is 1. The lowest BCUT2D eigenvalue weighted by atomic mass is 10.0. The molecule has 0 fully saturated rings. The zero-order chi connectivity index (χ0) is 36.1. The van der Waals surface area contributed by atoms with E-state index in [0.717, 1.165) is 5.56 Å². The van der Waals surface area contributed by atoms with Crippen LogP contribution in [0.5, 0.6) is 0 Å². The number of benzene rings is 2. The summed E-state index contributed by atoms with van der Waals surface area (Å²) in [5.41, 5.74) is 11.2. The van der Waals surface area contributed by atoms with Crippen molar-refractivity contribution in [3.8, 4) is 0 Å². The molecule has 47 heavy (non-hydrogen) atoms. The van der Waals surface area contributed by atoms with Gasteiger partial charge in [0.05, 0.1) is 40.3 Å². The number of fused-ring (bicyclic) bond motifs is 2. The third kappa shape index (κ3) is 9.73. The Balaban J connectivity index is 0.000000297. The summed E-state index contributed by atoms with van der Waals surface area (Å²) in [6.07, 6.45) is 9.42. The van der Waals surface area contributed by atoms with Crippen LogP contribution in [0.2, 0.25) is 20.6 Å². The highest BCUT2D eigenvalue weighted by Crippen LogP contribution is 2.31. The summed E-state index contributed by atoms with van der Waals surface area (Å²) in [5, 5.41) is 6.57. The molecule has 4 N–H and O–H groups in total. The smallest absolute Gasteiger partial charge is 0.224 e. The summed E-state index contributed by atoms with van der Waals surface area (Å²) in [7, 11) is 0. The van der Waals surface area contributed by atoms with Crippen LogP contribution in [0.15, 0.2) is 61.4 Å². The number of anilines is 5. The molecule has 0 unspecified atom stereocenters. The van der Waals surface area contributed by atoms with E-state index in [1.807, 2.05) is 12.1 Å². The van der Waals surface area contributed by atoms with Crippen molar-refractivity contribution in [2.24, 2.45) is 0 Å². The Bertz CT molecular complexity index is 2100. The molecule has 6 rings (SSSR count). The Labute approximate surface area is 296 Å². The molecule has 0 atom stereocenters. The van der Waals surface area contributed by atoms with Crippen LogP contribution in [0.25, 0.3) is 22.1 Å². The van der Waals surface area contributed by atoms with Crippen molar-refractivity contribution >= 4 is 120 Å². The van der Waals surface area contributed by atoms with Gasteiger partial charge in [-0.05, 0) is 66.0 Å². The molecular formula is C29H25Cl5N11O2-. The molecule has 0 saturated heterocycles. The number of aromatic nitrogens is 8. The highest BCUT2D eigenvalue weighted by Gasteiger charge is 2.14. The molecule has 4 heterocycles. The summed E-state index contributed by atoms with van der Waals surface area (Å²) >= 11 is 28.3. The van der Waals surface area contributed by atoms with Crippen molar-refractivity contribution in [3.63, 3.8) is 0 Å². The van der Waals surface area contributed by atoms with E-state index in [0.29, 0.717) is 60.8 Å². The van der Waals surface area contributed by atoms with Gasteiger partial charge < -0.3 is 17.8 Å². The summed E-state index contributed by atoms with van der Waals surface area (Å²) < 4.78 is 10.0. The van der Waals surface area contributed by atoms with Gasteiger partial charge in [-0.1, -0.05) is 23.2 Å². The van der Waals surface area contributed by atoms with Crippen LogP contribution in [0, 0.1) is 0 Å². The number of hydrogen-bond donors (Lipinski definition) is 3. The minimum atomic E-state index is -0.361. The molecule has 0 aliphatic carbocycles. The number of nitrogens with two attached hydrogens (primary N) is 1. The number of nitrogen functional groups attached to an aromatic ring is 1. The van der Waals surface area contributed by atoms with Crippen LogP contribution in [-0.2, 0) is 16.0 Å². The quantitative estimate of drug-likeness (QED) is 0.0854. The SMILES string of the molecule is CC(=O)Cc1c(Nc2nc(Cl)ncc2Cl)ccc2nccnc12.CC(=O)Cl.Nc1c(Nc2nc(Cl)ncc2Cl)ccc2nccnc12.[2H-].[2H][2H]. The first-order valence-electron chi connectivity index (χ1n) is 14.2. The van der Waals surface area contributed by atoms with Gasteiger partial charge in [-0.2, -0.15) is 9.97 Å². The lowest BCUT2D eigenvalue weighted by Crippen LogP contribution is -2.05. The number of carbonyl (C=O) groups excluding carboxylic acids is 2. The first kappa shape index (κ1) is 33.8. The molecule has 4 aromatic heterocycles. The second kappa shape index (κ2) is 16.3. The van der Waals surface area contributed by atoms with Crippen LogP contribution in [0.3, 0.4) is 0 Å². The molecule has 0 bridgehead atoms. The zero-order valence-electron chi connectivity index (χ0n) is 27.3. The normalized spacial score (nSPS) is 10.5. The maximum Gasteiger partial charge on any atom is 0.224 e. The Morgan fingerprint density at radius 2 is 1.19 bits per heavy atom. The predicted molar refractivity (Wildman–Crippen MR) is 188 cm³/mol. The number of carbonyl (C=O) groups is 2. The first-order chi connectivity index (χ1) is 23.4. The van der Waals surface area contributed by atoms with Gasteiger partial charge in [0.2, 0.25) is 15.8 Å². The van der Waals surface area contributed by atoms with Crippen molar-refractivity contribution in [2.45, 2.75) is 20.3 Å². The van der Waals surface area contributed by atoms with Crippen LogP contribution < -0.4 is 16.4 Å². The maximum atomic E-state index is 11.6. The number of Topliss-reactive ketones (excluding diaryl/α,β-unsaturated/α-hetero) is 1. The minimum absolute atomic E-state index is 0. The van der Waals surface area contributed by atoms with Gasteiger partial charge in [0.25, 0.3) is 0 Å². The Morgan fingerprint density at radius 3 is 1.72 bits per heavy atom. The predicted octanol–water partition coefficient (Wildman–Crippen LogP) is 7.78. The highest BCUT2D eigenvalue weighted by atomic mass is 35.5. The average Bonchev–Trinajstić information content (AvgIpc) is 3.07. The molecule has 0 aliphatic rings. The first-order valence-corrected chi connectivity index (χ1v) is 15.1. The fraction of sp³-hybridized carbons (Fsp3) is 0.103. The fourth-order valence-corrected chi connectivity index (χ4v) is 4.47. The van der Waals surface area contributed by atoms with Crippen molar-refractivity contribution in [3.05, 3.63) is 87.6 Å². The molecule has 13 nitrogen and oxygen atoms in total. The van der Waals surface area contributed by atoms with Crippen LogP contribution in [-0.4, -0.2) is 50.9 Å². The molecule has 0 amide bonds. The standard InChI is InChI=1S/C15H11Cl2N5O.C12H8Cl2N6.C2H3ClO.H2.H/c1-8(23)6-9-11(2-3-12-13(9)19-5-4-18-12)21-14-10(16)7-20-15(17)22-14;13-6-5-18-12(14)20-11(6)19-7-1-2-8-10(9(7)15)17-4-3-16-8;1-2(3)4;;/h2-5,7H,6H2,1H3,(H,20,21,22);1-5H,15H2,(H,18,19,20);1H3;1H;/q;;;;-1/i;;;1+1D;1+1. The molecule has 0 aliphatic heterocycles. The van der Waals surface area contributed by atoms with Crippen LogP contribution in [0.1, 0.15) is 23.8 Å². The lowest BCUT2D eigenvalue weighted by molar-refractivity contribution is -0.116. The van der Waals surface area contributed by atoms with Gasteiger partial charge in [0.1, 0.15) is 21.3 Å². The molecule has 0 radical (unpaired) electrons. The van der Waals surface area contributed by atoms with Gasteiger partial charge >= 0.3 is 0 Å². The van der Waals surface area contributed by atoms with E-state index < -0.39 is 0 Å². The van der Waals surface area contributed by atoms with Crippen molar-refractivity contribution in [2.75, 3.05) is 16.4 Å². The van der Waals surface area contributed by atoms with E-state index in [4.69, 9.17) is 55.1 Å². The molecule has 244 valence electrons. The minimum Gasteiger partial charge on any atom is -1.00 e. The van der Waals surface area contributed by atoms with Gasteiger partial charge in [0, 0.05) is 52.4 Å². The number of halogens is 5. The van der Waals surface area contributed by atoms with Gasteiger partial charge in [-0.3, -0.25) is 29.5 Å². The largest absolute Gasteiger partial charge is 1.00 e. The number of rotatable bonds is 6. The topological polar surface area (TPSA) is 187 Å². The number of nitrogens with zero attached hydrogens (tertiary/aromatic N) is 8. The molecule has 6 aromatic rings. The van der Waals surface area contributed by atoms with Crippen LogP contribution >= 0.6 is 58.0 Å². The van der Waals surface area contributed by atoms with E-state index >= 15 is 0 Å². The number of hydrogen-bond acceptors (Lipinski definition) is 13. The van der Waals surface area contributed by atoms with E-state index in [1.165, 1.54) is 26.2 Å². The summed E-state index contributed by atoms with van der Waals surface area (Å²) in [4.78, 5) is 53.5. The summed E-state index contributed by atoms with van der Waals surface area (Å²) in [6, 6.07) is 7.20. The molecule has 2 aromatic carbocycles. The molecule has 0 spiro atoms. The lowest BCUT2D eigenvalue weighted by Gasteiger charge is -2.13. The van der Waals surface area contributed by atoms with Crippen molar-refractivity contribution in [1.29, 1.82) is 0 Å². The van der Waals surface area contributed by atoms with Crippen LogP contribution in [0.4, 0.5) is 28.7 Å².